The molecule has 2 aromatic rings. The van der Waals surface area contributed by atoms with E-state index in [4.69, 9.17) is 10.3 Å². The van der Waals surface area contributed by atoms with Crippen LogP contribution in [0.15, 0.2) is 20.4 Å². The summed E-state index contributed by atoms with van der Waals surface area (Å²) in [6, 6.07) is 1.63. The van der Waals surface area contributed by atoms with Crippen LogP contribution < -0.4 is 17.0 Å². The van der Waals surface area contributed by atoms with E-state index in [9.17, 15) is 9.59 Å². The number of thioether (sulfide) groups is 1. The van der Waals surface area contributed by atoms with Crippen molar-refractivity contribution < 1.29 is 9.21 Å². The summed E-state index contributed by atoms with van der Waals surface area (Å²) in [6.45, 7) is 4.18. The van der Waals surface area contributed by atoms with Gasteiger partial charge in [-0.2, -0.15) is 0 Å². The van der Waals surface area contributed by atoms with Crippen LogP contribution in [0, 0.1) is 6.92 Å². The second kappa shape index (κ2) is 5.97. The van der Waals surface area contributed by atoms with E-state index in [0.717, 1.165) is 5.56 Å². The zero-order valence-corrected chi connectivity index (χ0v) is 11.9. The fraction of sp³-hybridized carbons (Fsp3) is 0.364. The number of aromatic amines is 1. The molecule has 4 N–H and O–H groups in total. The third-order valence-corrected chi connectivity index (χ3v) is 3.80. The van der Waals surface area contributed by atoms with Gasteiger partial charge in [0.05, 0.1) is 0 Å². The summed E-state index contributed by atoms with van der Waals surface area (Å²) in [6.07, 6.45) is 0. The van der Waals surface area contributed by atoms with Gasteiger partial charge < -0.3 is 4.42 Å². The van der Waals surface area contributed by atoms with Crippen LogP contribution in [0.25, 0.3) is 0 Å². The molecule has 0 unspecified atom stereocenters. The van der Waals surface area contributed by atoms with E-state index in [1.165, 1.54) is 16.3 Å². The topological polar surface area (TPSA) is 119 Å². The van der Waals surface area contributed by atoms with E-state index in [-0.39, 0.29) is 11.4 Å². The molecule has 0 radical (unpaired) electrons. The van der Waals surface area contributed by atoms with Gasteiger partial charge in [0.2, 0.25) is 0 Å². The summed E-state index contributed by atoms with van der Waals surface area (Å²) < 4.78 is 6.85. The number of hydrogen-bond donors (Lipinski definition) is 3. The fourth-order valence-electron chi connectivity index (χ4n) is 1.68. The monoisotopic (exact) mass is 297 g/mol. The van der Waals surface area contributed by atoms with Crippen molar-refractivity contribution in [1.29, 1.82) is 0 Å². The number of aryl methyl sites for hydroxylation is 1. The maximum absolute atomic E-state index is 11.4. The Morgan fingerprint density at radius 3 is 3.05 bits per heavy atom. The lowest BCUT2D eigenvalue weighted by atomic mass is 10.3. The highest BCUT2D eigenvalue weighted by atomic mass is 32.2. The molecular formula is C11H15N5O3S. The first-order chi connectivity index (χ1) is 9.56. The molecule has 2 aromatic heterocycles. The Bertz CT molecular complexity index is 672. The van der Waals surface area contributed by atoms with Crippen molar-refractivity contribution in [3.8, 4) is 0 Å². The van der Waals surface area contributed by atoms with Crippen LogP contribution >= 0.6 is 11.8 Å². The van der Waals surface area contributed by atoms with Gasteiger partial charge in [-0.05, 0) is 19.9 Å². The van der Waals surface area contributed by atoms with Crippen molar-refractivity contribution in [1.82, 2.24) is 20.2 Å². The summed E-state index contributed by atoms with van der Waals surface area (Å²) in [4.78, 5) is 22.8. The zero-order chi connectivity index (χ0) is 14.7. The van der Waals surface area contributed by atoms with Crippen molar-refractivity contribution in [3.63, 3.8) is 0 Å². The molecule has 20 heavy (non-hydrogen) atoms. The minimum atomic E-state index is -0.477. The average molecular weight is 297 g/mol. The number of H-pyrrole nitrogens is 1. The standard InChI is InChI=1S/C11H15N5O3S/c1-3-16-10(18)14-15-11(16)20-5-7-4-8(9(17)13-12)19-6(7)2/h4H,3,5,12H2,1-2H3,(H,13,17)(H,14,18). The molecule has 0 aliphatic rings. The van der Waals surface area contributed by atoms with Crippen LogP contribution in [0.1, 0.15) is 28.8 Å². The molecule has 1 amide bonds. The number of furan rings is 1. The molecule has 0 aliphatic carbocycles. The van der Waals surface area contributed by atoms with Gasteiger partial charge in [0.1, 0.15) is 5.76 Å². The number of aromatic nitrogens is 3. The highest BCUT2D eigenvalue weighted by Gasteiger charge is 2.15. The number of nitrogens with zero attached hydrogens (tertiary/aromatic N) is 2. The molecule has 0 saturated heterocycles. The van der Waals surface area contributed by atoms with Gasteiger partial charge in [-0.3, -0.25) is 14.8 Å². The number of carbonyl (C=O) groups excluding carboxylic acids is 1. The SMILES string of the molecule is CCn1c(SCc2cc(C(=O)NN)oc2C)n[nH]c1=O. The van der Waals surface area contributed by atoms with Crippen LogP contribution in [-0.2, 0) is 12.3 Å². The highest BCUT2D eigenvalue weighted by Crippen LogP contribution is 2.24. The number of nitrogens with two attached hydrogens (primary N) is 1. The molecular weight excluding hydrogens is 282 g/mol. The van der Waals surface area contributed by atoms with Crippen molar-refractivity contribution in [3.05, 3.63) is 33.6 Å². The fourth-order valence-corrected chi connectivity index (χ4v) is 2.73. The second-order valence-corrected chi connectivity index (χ2v) is 4.95. The van der Waals surface area contributed by atoms with E-state index >= 15 is 0 Å². The minimum absolute atomic E-state index is 0.163. The summed E-state index contributed by atoms with van der Waals surface area (Å²) in [5.74, 6) is 5.91. The second-order valence-electron chi connectivity index (χ2n) is 4.01. The normalized spacial score (nSPS) is 10.8. The van der Waals surface area contributed by atoms with Crippen molar-refractivity contribution in [2.24, 2.45) is 5.84 Å². The summed E-state index contributed by atoms with van der Waals surface area (Å²) in [7, 11) is 0. The quantitative estimate of drug-likeness (QED) is 0.318. The average Bonchev–Trinajstić information content (AvgIpc) is 2.98. The molecule has 0 fully saturated rings. The maximum atomic E-state index is 11.4. The number of hydrazine groups is 1. The predicted molar refractivity (Wildman–Crippen MR) is 73.2 cm³/mol. The van der Waals surface area contributed by atoms with Gasteiger partial charge >= 0.3 is 11.6 Å². The van der Waals surface area contributed by atoms with Crippen molar-refractivity contribution in [2.75, 3.05) is 0 Å². The third kappa shape index (κ3) is 2.78. The Labute approximate surface area is 118 Å². The van der Waals surface area contributed by atoms with Gasteiger partial charge in [0, 0.05) is 17.9 Å². The lowest BCUT2D eigenvalue weighted by molar-refractivity contribution is 0.0924. The Morgan fingerprint density at radius 2 is 2.40 bits per heavy atom. The molecule has 0 aromatic carbocycles. The van der Waals surface area contributed by atoms with Gasteiger partial charge in [-0.15, -0.1) is 5.10 Å². The number of hydrogen-bond acceptors (Lipinski definition) is 6. The van der Waals surface area contributed by atoms with E-state index in [2.05, 4.69) is 10.2 Å². The number of carbonyl (C=O) groups is 1. The zero-order valence-electron chi connectivity index (χ0n) is 11.1. The first kappa shape index (κ1) is 14.4. The molecule has 9 heteroatoms. The Hall–Kier alpha value is -2.00. The Kier molecular flexibility index (Phi) is 4.30. The summed E-state index contributed by atoms with van der Waals surface area (Å²) >= 11 is 1.39. The molecule has 2 heterocycles. The molecule has 8 nitrogen and oxygen atoms in total. The van der Waals surface area contributed by atoms with Gasteiger partial charge in [0.25, 0.3) is 0 Å². The molecule has 108 valence electrons. The van der Waals surface area contributed by atoms with Gasteiger partial charge in [-0.1, -0.05) is 11.8 Å². The van der Waals surface area contributed by atoms with Crippen molar-refractivity contribution in [2.45, 2.75) is 31.3 Å². The number of amides is 1. The summed E-state index contributed by atoms with van der Waals surface area (Å²) in [5.41, 5.74) is 2.63. The largest absolute Gasteiger partial charge is 0.456 e. The summed E-state index contributed by atoms with van der Waals surface area (Å²) in [5, 5.41) is 6.95. The predicted octanol–water partition coefficient (Wildman–Crippen LogP) is 0.389. The molecule has 0 saturated carbocycles. The van der Waals surface area contributed by atoms with E-state index in [1.807, 2.05) is 12.3 Å². The van der Waals surface area contributed by atoms with Gasteiger partial charge in [0.15, 0.2) is 10.9 Å². The number of nitrogens with one attached hydrogen (secondary N) is 2. The molecule has 2 rings (SSSR count). The first-order valence-corrected chi connectivity index (χ1v) is 6.93. The number of nitrogen functional groups attached to an aromatic ring is 1. The maximum Gasteiger partial charge on any atom is 0.343 e. The molecule has 0 atom stereocenters. The lowest BCUT2D eigenvalue weighted by Crippen LogP contribution is -2.29. The smallest absolute Gasteiger partial charge is 0.343 e. The third-order valence-electron chi connectivity index (χ3n) is 2.77. The Balaban J connectivity index is 2.13. The highest BCUT2D eigenvalue weighted by molar-refractivity contribution is 7.98. The van der Waals surface area contributed by atoms with Gasteiger partial charge in [-0.25, -0.2) is 15.7 Å². The first-order valence-electron chi connectivity index (χ1n) is 5.95. The van der Waals surface area contributed by atoms with Crippen LogP contribution in [0.3, 0.4) is 0 Å². The minimum Gasteiger partial charge on any atom is -0.456 e. The van der Waals surface area contributed by atoms with E-state index in [0.29, 0.717) is 23.2 Å². The number of rotatable bonds is 5. The van der Waals surface area contributed by atoms with Crippen LogP contribution in [0.2, 0.25) is 0 Å². The van der Waals surface area contributed by atoms with Crippen LogP contribution in [0.4, 0.5) is 0 Å². The van der Waals surface area contributed by atoms with Crippen LogP contribution in [0.5, 0.6) is 0 Å². The van der Waals surface area contributed by atoms with E-state index < -0.39 is 5.91 Å². The molecule has 0 spiro atoms. The van der Waals surface area contributed by atoms with E-state index in [1.54, 1.807) is 13.0 Å². The van der Waals surface area contributed by atoms with Crippen LogP contribution in [-0.4, -0.2) is 20.7 Å². The lowest BCUT2D eigenvalue weighted by Gasteiger charge is -2.01. The molecule has 0 bridgehead atoms. The Morgan fingerprint density at radius 1 is 1.65 bits per heavy atom. The van der Waals surface area contributed by atoms with Crippen molar-refractivity contribution >= 4 is 17.7 Å². The molecule has 0 aliphatic heterocycles.